The average Bonchev–Trinajstić information content (AvgIpc) is 2.86. The standard InChI is InChI=1S/C15H22FNO2/c1-3-17-9-13-4-5-14(19-13)10-18-12-6-7-15(16)11(2)8-12/h6-8,13-14,17H,3-5,9-10H2,1-2H3. The summed E-state index contributed by atoms with van der Waals surface area (Å²) in [6, 6.07) is 4.82. The van der Waals surface area contributed by atoms with E-state index in [0.29, 0.717) is 24.0 Å². The highest BCUT2D eigenvalue weighted by Gasteiger charge is 2.25. The summed E-state index contributed by atoms with van der Waals surface area (Å²) in [4.78, 5) is 0. The summed E-state index contributed by atoms with van der Waals surface area (Å²) in [7, 11) is 0. The summed E-state index contributed by atoms with van der Waals surface area (Å²) < 4.78 is 24.7. The van der Waals surface area contributed by atoms with E-state index in [2.05, 4.69) is 12.2 Å². The highest BCUT2D eigenvalue weighted by Crippen LogP contribution is 2.21. The second-order valence-electron chi connectivity index (χ2n) is 4.99. The van der Waals surface area contributed by atoms with E-state index in [4.69, 9.17) is 9.47 Å². The Labute approximate surface area is 114 Å². The van der Waals surface area contributed by atoms with Crippen molar-refractivity contribution in [2.24, 2.45) is 0 Å². The van der Waals surface area contributed by atoms with Gasteiger partial charge in [-0.05, 0) is 50.1 Å². The van der Waals surface area contributed by atoms with Crippen molar-refractivity contribution in [3.63, 3.8) is 0 Å². The van der Waals surface area contributed by atoms with Gasteiger partial charge in [0.15, 0.2) is 0 Å². The maximum atomic E-state index is 13.1. The topological polar surface area (TPSA) is 30.5 Å². The Morgan fingerprint density at radius 1 is 1.37 bits per heavy atom. The smallest absolute Gasteiger partial charge is 0.126 e. The molecule has 2 rings (SSSR count). The Balaban J connectivity index is 1.75. The van der Waals surface area contributed by atoms with Crippen LogP contribution in [-0.2, 0) is 4.74 Å². The van der Waals surface area contributed by atoms with E-state index >= 15 is 0 Å². The molecule has 2 atom stereocenters. The maximum Gasteiger partial charge on any atom is 0.126 e. The molecule has 1 saturated heterocycles. The number of benzene rings is 1. The van der Waals surface area contributed by atoms with Crippen LogP contribution in [0.4, 0.5) is 4.39 Å². The lowest BCUT2D eigenvalue weighted by atomic mass is 10.2. The van der Waals surface area contributed by atoms with Crippen LogP contribution in [-0.4, -0.2) is 31.9 Å². The molecule has 106 valence electrons. The molecule has 0 amide bonds. The normalized spacial score (nSPS) is 22.7. The molecule has 1 aromatic carbocycles. The van der Waals surface area contributed by atoms with Gasteiger partial charge in [0, 0.05) is 6.54 Å². The molecule has 0 aromatic heterocycles. The Bertz CT molecular complexity index is 411. The van der Waals surface area contributed by atoms with Gasteiger partial charge in [0.05, 0.1) is 12.2 Å². The molecule has 0 saturated carbocycles. The fourth-order valence-corrected chi connectivity index (χ4v) is 2.25. The first-order valence-corrected chi connectivity index (χ1v) is 6.94. The third-order valence-electron chi connectivity index (χ3n) is 3.38. The molecule has 1 heterocycles. The number of aryl methyl sites for hydroxylation is 1. The molecule has 0 bridgehead atoms. The van der Waals surface area contributed by atoms with E-state index in [1.54, 1.807) is 19.1 Å². The molecule has 1 aromatic rings. The summed E-state index contributed by atoms with van der Waals surface area (Å²) in [5, 5.41) is 3.29. The number of rotatable bonds is 6. The monoisotopic (exact) mass is 267 g/mol. The quantitative estimate of drug-likeness (QED) is 0.859. The first-order valence-electron chi connectivity index (χ1n) is 6.94. The largest absolute Gasteiger partial charge is 0.491 e. The molecule has 19 heavy (non-hydrogen) atoms. The lowest BCUT2D eigenvalue weighted by Crippen LogP contribution is -2.28. The predicted molar refractivity (Wildman–Crippen MR) is 73.1 cm³/mol. The summed E-state index contributed by atoms with van der Waals surface area (Å²) >= 11 is 0. The average molecular weight is 267 g/mol. The zero-order chi connectivity index (χ0) is 13.7. The Morgan fingerprint density at radius 2 is 2.16 bits per heavy atom. The molecule has 0 spiro atoms. The van der Waals surface area contributed by atoms with E-state index in [1.807, 2.05) is 0 Å². The van der Waals surface area contributed by atoms with Crippen molar-refractivity contribution in [2.45, 2.75) is 38.9 Å². The molecule has 1 aliphatic heterocycles. The van der Waals surface area contributed by atoms with Crippen molar-refractivity contribution in [3.8, 4) is 5.75 Å². The van der Waals surface area contributed by atoms with Crippen LogP contribution in [0.1, 0.15) is 25.3 Å². The van der Waals surface area contributed by atoms with Gasteiger partial charge >= 0.3 is 0 Å². The maximum absolute atomic E-state index is 13.1. The van der Waals surface area contributed by atoms with Crippen LogP contribution in [0.15, 0.2) is 18.2 Å². The molecule has 4 heteroatoms. The van der Waals surface area contributed by atoms with Crippen LogP contribution >= 0.6 is 0 Å². The minimum Gasteiger partial charge on any atom is -0.491 e. The van der Waals surface area contributed by atoms with Crippen LogP contribution in [0, 0.1) is 12.7 Å². The van der Waals surface area contributed by atoms with Crippen LogP contribution in [0.25, 0.3) is 0 Å². The lowest BCUT2D eigenvalue weighted by Gasteiger charge is -2.15. The van der Waals surface area contributed by atoms with Crippen LogP contribution in [0.3, 0.4) is 0 Å². The van der Waals surface area contributed by atoms with E-state index in [9.17, 15) is 4.39 Å². The van der Waals surface area contributed by atoms with E-state index in [-0.39, 0.29) is 11.9 Å². The predicted octanol–water partition coefficient (Wildman–Crippen LogP) is 2.67. The molecule has 3 nitrogen and oxygen atoms in total. The van der Waals surface area contributed by atoms with Crippen molar-refractivity contribution < 1.29 is 13.9 Å². The molecule has 1 fully saturated rings. The van der Waals surface area contributed by atoms with Gasteiger partial charge in [-0.25, -0.2) is 4.39 Å². The van der Waals surface area contributed by atoms with Crippen LogP contribution in [0.2, 0.25) is 0 Å². The number of ether oxygens (including phenoxy) is 2. The number of hydrogen-bond acceptors (Lipinski definition) is 3. The van der Waals surface area contributed by atoms with Crippen LogP contribution < -0.4 is 10.1 Å². The molecular weight excluding hydrogens is 245 g/mol. The van der Waals surface area contributed by atoms with Gasteiger partial charge in [-0.15, -0.1) is 0 Å². The minimum atomic E-state index is -0.199. The zero-order valence-corrected chi connectivity index (χ0v) is 11.6. The second kappa shape index (κ2) is 6.87. The number of nitrogens with one attached hydrogen (secondary N) is 1. The summed E-state index contributed by atoms with van der Waals surface area (Å²) in [6.45, 7) is 6.24. The number of hydrogen-bond donors (Lipinski definition) is 1. The molecular formula is C15H22FNO2. The third-order valence-corrected chi connectivity index (χ3v) is 3.38. The van der Waals surface area contributed by atoms with Gasteiger partial charge in [0.1, 0.15) is 18.2 Å². The lowest BCUT2D eigenvalue weighted by molar-refractivity contribution is 0.0188. The SMILES string of the molecule is CCNCC1CCC(COc2ccc(F)c(C)c2)O1. The van der Waals surface area contributed by atoms with Gasteiger partial charge in [0.25, 0.3) is 0 Å². The third kappa shape index (κ3) is 4.18. The van der Waals surface area contributed by atoms with Gasteiger partial charge in [0.2, 0.25) is 0 Å². The van der Waals surface area contributed by atoms with Gasteiger partial charge < -0.3 is 14.8 Å². The molecule has 0 radical (unpaired) electrons. The number of halogens is 1. The van der Waals surface area contributed by atoms with E-state index in [1.165, 1.54) is 6.07 Å². The van der Waals surface area contributed by atoms with Gasteiger partial charge in [-0.1, -0.05) is 6.92 Å². The molecule has 0 aliphatic carbocycles. The fraction of sp³-hybridized carbons (Fsp3) is 0.600. The van der Waals surface area contributed by atoms with Crippen molar-refractivity contribution in [1.82, 2.24) is 5.32 Å². The van der Waals surface area contributed by atoms with Crippen LogP contribution in [0.5, 0.6) is 5.75 Å². The van der Waals surface area contributed by atoms with Crippen molar-refractivity contribution in [2.75, 3.05) is 19.7 Å². The molecule has 1 aliphatic rings. The second-order valence-corrected chi connectivity index (χ2v) is 4.99. The van der Waals surface area contributed by atoms with E-state index < -0.39 is 0 Å². The molecule has 2 unspecified atom stereocenters. The fourth-order valence-electron chi connectivity index (χ4n) is 2.25. The summed E-state index contributed by atoms with van der Waals surface area (Å²) in [5.74, 6) is 0.507. The zero-order valence-electron chi connectivity index (χ0n) is 11.6. The van der Waals surface area contributed by atoms with E-state index in [0.717, 1.165) is 25.9 Å². The number of likely N-dealkylation sites (N-methyl/N-ethyl adjacent to an activating group) is 1. The highest BCUT2D eigenvalue weighted by molar-refractivity contribution is 5.28. The first kappa shape index (κ1) is 14.3. The first-order chi connectivity index (χ1) is 9.19. The Kier molecular flexibility index (Phi) is 5.16. The van der Waals surface area contributed by atoms with Crippen molar-refractivity contribution in [1.29, 1.82) is 0 Å². The minimum absolute atomic E-state index is 0.147. The molecule has 1 N–H and O–H groups in total. The van der Waals surface area contributed by atoms with Gasteiger partial charge in [-0.2, -0.15) is 0 Å². The van der Waals surface area contributed by atoms with Gasteiger partial charge in [-0.3, -0.25) is 0 Å². The van der Waals surface area contributed by atoms with Crippen molar-refractivity contribution >= 4 is 0 Å². The Hall–Kier alpha value is -1.13. The Morgan fingerprint density at radius 3 is 2.89 bits per heavy atom. The highest BCUT2D eigenvalue weighted by atomic mass is 19.1. The summed E-state index contributed by atoms with van der Waals surface area (Å²) in [6.07, 6.45) is 2.54. The summed E-state index contributed by atoms with van der Waals surface area (Å²) in [5.41, 5.74) is 0.606. The van der Waals surface area contributed by atoms with Crippen molar-refractivity contribution in [3.05, 3.63) is 29.6 Å².